The number of imidazole rings is 1. The maximum Gasteiger partial charge on any atom is 0.490 e. The Hall–Kier alpha value is -3.73. The molecule has 2 aliphatic rings. The molecule has 4 rings (SSSR count). The van der Waals surface area contributed by atoms with Gasteiger partial charge in [-0.25, -0.2) is 14.6 Å². The van der Waals surface area contributed by atoms with Crippen LogP contribution in [0.5, 0.6) is 0 Å². The molecule has 2 N–H and O–H groups in total. The predicted molar refractivity (Wildman–Crippen MR) is 123 cm³/mol. The molecule has 17 heteroatoms. The van der Waals surface area contributed by atoms with E-state index in [2.05, 4.69) is 19.4 Å². The number of halogens is 6. The van der Waals surface area contributed by atoms with Crippen molar-refractivity contribution >= 4 is 17.8 Å². The van der Waals surface area contributed by atoms with Gasteiger partial charge in [0.15, 0.2) is 0 Å². The van der Waals surface area contributed by atoms with Crippen LogP contribution in [0, 0.1) is 0 Å². The first-order valence-corrected chi connectivity index (χ1v) is 11.6. The summed E-state index contributed by atoms with van der Waals surface area (Å²) in [5, 5.41) is 14.2. The third-order valence-electron chi connectivity index (χ3n) is 5.97. The first kappa shape index (κ1) is 32.5. The van der Waals surface area contributed by atoms with Crippen molar-refractivity contribution in [3.63, 3.8) is 0 Å². The van der Waals surface area contributed by atoms with Gasteiger partial charge in [-0.1, -0.05) is 6.07 Å². The molecule has 0 bridgehead atoms. The fourth-order valence-corrected chi connectivity index (χ4v) is 3.81. The van der Waals surface area contributed by atoms with E-state index in [-0.39, 0.29) is 18.1 Å². The van der Waals surface area contributed by atoms with Gasteiger partial charge in [-0.2, -0.15) is 26.3 Å². The van der Waals surface area contributed by atoms with Gasteiger partial charge < -0.3 is 24.4 Å². The second-order valence-corrected chi connectivity index (χ2v) is 8.92. The lowest BCUT2D eigenvalue weighted by molar-refractivity contribution is -0.193. The highest BCUT2D eigenvalue weighted by Crippen LogP contribution is 2.31. The van der Waals surface area contributed by atoms with Crippen LogP contribution in [0.25, 0.3) is 0 Å². The Kier molecular flexibility index (Phi) is 11.0. The van der Waals surface area contributed by atoms with E-state index in [1.54, 1.807) is 6.20 Å². The number of aromatic nitrogens is 3. The smallest absolute Gasteiger partial charge is 0.475 e. The van der Waals surface area contributed by atoms with Gasteiger partial charge in [-0.05, 0) is 24.5 Å². The zero-order valence-electron chi connectivity index (χ0n) is 21.2. The van der Waals surface area contributed by atoms with Gasteiger partial charge in [0.25, 0.3) is 0 Å². The number of hydrogen-bond acceptors (Lipinski definition) is 7. The Morgan fingerprint density at radius 3 is 2.05 bits per heavy atom. The molecule has 2 fully saturated rings. The maximum atomic E-state index is 12.3. The van der Waals surface area contributed by atoms with E-state index in [1.165, 1.54) is 0 Å². The number of rotatable bonds is 4. The molecule has 2 aromatic heterocycles. The summed E-state index contributed by atoms with van der Waals surface area (Å²) in [5.41, 5.74) is 0.846. The average molecular weight is 583 g/mol. The molecule has 222 valence electrons. The van der Waals surface area contributed by atoms with Crippen LogP contribution in [0.1, 0.15) is 24.2 Å². The number of aryl methyl sites for hydroxylation is 1. The van der Waals surface area contributed by atoms with Gasteiger partial charge in [0, 0.05) is 51.5 Å². The summed E-state index contributed by atoms with van der Waals surface area (Å²) in [4.78, 5) is 43.0. The van der Waals surface area contributed by atoms with E-state index in [9.17, 15) is 31.1 Å². The number of likely N-dealkylation sites (tertiary alicyclic amines) is 1. The minimum atomic E-state index is -5.08. The number of nitrogens with zero attached hydrogens (tertiary/aromatic N) is 5. The number of amides is 1. The van der Waals surface area contributed by atoms with Gasteiger partial charge in [0.2, 0.25) is 5.91 Å². The van der Waals surface area contributed by atoms with Gasteiger partial charge in [-0.3, -0.25) is 14.7 Å². The predicted octanol–water partition coefficient (Wildman–Crippen LogP) is 2.48. The van der Waals surface area contributed by atoms with Crippen molar-refractivity contribution in [3.05, 3.63) is 48.3 Å². The molecule has 11 nitrogen and oxygen atoms in total. The Morgan fingerprint density at radius 2 is 1.60 bits per heavy atom. The number of alkyl halides is 6. The summed E-state index contributed by atoms with van der Waals surface area (Å²) in [5.74, 6) is -4.37. The van der Waals surface area contributed by atoms with E-state index in [4.69, 9.17) is 24.5 Å². The molecule has 0 aromatic carbocycles. The van der Waals surface area contributed by atoms with Gasteiger partial charge in [-0.15, -0.1) is 0 Å². The minimum Gasteiger partial charge on any atom is -0.475 e. The van der Waals surface area contributed by atoms with Crippen molar-refractivity contribution < 1.29 is 55.7 Å². The molecule has 0 atom stereocenters. The van der Waals surface area contributed by atoms with Crippen LogP contribution in [-0.4, -0.2) is 96.6 Å². The number of ether oxygens (including phenoxy) is 1. The monoisotopic (exact) mass is 583 g/mol. The van der Waals surface area contributed by atoms with E-state index >= 15 is 0 Å². The average Bonchev–Trinajstić information content (AvgIpc) is 3.27. The Balaban J connectivity index is 0.000000333. The van der Waals surface area contributed by atoms with Gasteiger partial charge in [0.05, 0.1) is 18.7 Å². The maximum absolute atomic E-state index is 12.3. The third-order valence-corrected chi connectivity index (χ3v) is 5.97. The number of piperidine rings is 1. The summed E-state index contributed by atoms with van der Waals surface area (Å²) >= 11 is 0. The topological polar surface area (TPSA) is 138 Å². The second kappa shape index (κ2) is 13.6. The van der Waals surface area contributed by atoms with Crippen molar-refractivity contribution in [2.45, 2.75) is 43.9 Å². The van der Waals surface area contributed by atoms with Crippen LogP contribution in [-0.2, 0) is 39.3 Å². The number of carboxylic acid groups (broad SMARTS) is 2. The Labute approximate surface area is 224 Å². The largest absolute Gasteiger partial charge is 0.490 e. The first-order valence-electron chi connectivity index (χ1n) is 11.6. The molecule has 4 heterocycles. The van der Waals surface area contributed by atoms with Crippen LogP contribution in [0.3, 0.4) is 0 Å². The van der Waals surface area contributed by atoms with Crippen LogP contribution < -0.4 is 0 Å². The molecule has 2 aliphatic heterocycles. The molecule has 2 aromatic rings. The first-order chi connectivity index (χ1) is 18.5. The van der Waals surface area contributed by atoms with Gasteiger partial charge in [0.1, 0.15) is 12.4 Å². The SMILES string of the molecule is Cn1ccnc1CN1CCC2(CC1)CN(Cc1cccnc1)C(=O)CO2.O=C(O)C(F)(F)F.O=C(O)C(F)(F)F. The third kappa shape index (κ3) is 10.1. The fraction of sp³-hybridized carbons (Fsp3) is 0.522. The lowest BCUT2D eigenvalue weighted by Crippen LogP contribution is -2.58. The Bertz CT molecular complexity index is 1110. The summed E-state index contributed by atoms with van der Waals surface area (Å²) in [6.45, 7) is 4.23. The molecular formula is C23H27F6N5O6. The normalized spacial score (nSPS) is 17.4. The highest BCUT2D eigenvalue weighted by molar-refractivity contribution is 5.78. The Morgan fingerprint density at radius 1 is 1.02 bits per heavy atom. The molecule has 0 unspecified atom stereocenters. The van der Waals surface area contributed by atoms with Crippen molar-refractivity contribution in [1.29, 1.82) is 0 Å². The van der Waals surface area contributed by atoms with Crippen molar-refractivity contribution in [3.8, 4) is 0 Å². The number of morpholine rings is 1. The van der Waals surface area contributed by atoms with Crippen LogP contribution in [0.15, 0.2) is 36.9 Å². The zero-order valence-corrected chi connectivity index (χ0v) is 21.2. The van der Waals surface area contributed by atoms with Crippen LogP contribution in [0.2, 0.25) is 0 Å². The highest BCUT2D eigenvalue weighted by Gasteiger charge is 2.42. The number of carboxylic acids is 2. The molecule has 0 aliphatic carbocycles. The van der Waals surface area contributed by atoms with Crippen LogP contribution >= 0.6 is 0 Å². The fourth-order valence-electron chi connectivity index (χ4n) is 3.81. The lowest BCUT2D eigenvalue weighted by atomic mass is 9.89. The molecule has 0 radical (unpaired) electrons. The number of hydrogen-bond donors (Lipinski definition) is 2. The molecular weight excluding hydrogens is 556 g/mol. The van der Waals surface area contributed by atoms with Crippen LogP contribution in [0.4, 0.5) is 26.3 Å². The van der Waals surface area contributed by atoms with E-state index in [1.807, 2.05) is 42.7 Å². The molecule has 1 amide bonds. The number of aliphatic carboxylic acids is 2. The lowest BCUT2D eigenvalue weighted by Gasteiger charge is -2.47. The minimum absolute atomic E-state index is 0.0647. The van der Waals surface area contributed by atoms with Crippen molar-refractivity contribution in [1.82, 2.24) is 24.3 Å². The quantitative estimate of drug-likeness (QED) is 0.520. The summed E-state index contributed by atoms with van der Waals surface area (Å²) in [7, 11) is 2.03. The standard InChI is InChI=1S/C19H25N5O2.2C2HF3O2/c1-22-10-7-21-17(22)13-23-8-4-19(5-9-23)15-24(18(25)14-26-19)12-16-3-2-6-20-11-16;2*3-2(4,5)1(6)7/h2-3,6-7,10-11H,4-5,8-9,12-15H2,1H3;2*(H,6,7). The van der Waals surface area contributed by atoms with Crippen molar-refractivity contribution in [2.75, 3.05) is 26.2 Å². The summed E-state index contributed by atoms with van der Waals surface area (Å²) < 4.78 is 71.6. The number of carbonyl (C=O) groups excluding carboxylic acids is 1. The highest BCUT2D eigenvalue weighted by atomic mass is 19.4. The zero-order chi connectivity index (χ0) is 30.1. The molecule has 0 saturated carbocycles. The number of carbonyl (C=O) groups is 3. The van der Waals surface area contributed by atoms with E-state index in [0.29, 0.717) is 13.1 Å². The summed E-state index contributed by atoms with van der Waals surface area (Å²) in [6, 6.07) is 3.92. The van der Waals surface area contributed by atoms with E-state index < -0.39 is 24.3 Å². The molecule has 1 spiro atoms. The molecule has 40 heavy (non-hydrogen) atoms. The van der Waals surface area contributed by atoms with Crippen molar-refractivity contribution in [2.24, 2.45) is 7.05 Å². The second-order valence-electron chi connectivity index (χ2n) is 8.92. The number of pyridine rings is 1. The van der Waals surface area contributed by atoms with E-state index in [0.717, 1.165) is 43.9 Å². The summed E-state index contributed by atoms with van der Waals surface area (Å²) in [6.07, 6.45) is -0.892. The molecule has 2 saturated heterocycles. The van der Waals surface area contributed by atoms with Gasteiger partial charge >= 0.3 is 24.3 Å².